The number of fused-ring (bicyclic) bond motifs is 1. The molecule has 0 unspecified atom stereocenters. The van der Waals surface area contributed by atoms with E-state index in [4.69, 9.17) is 0 Å². The van der Waals surface area contributed by atoms with Gasteiger partial charge in [0.25, 0.3) is 0 Å². The number of hydrogen-bond donors (Lipinski definition) is 1. The predicted octanol–water partition coefficient (Wildman–Crippen LogP) is 3.29. The summed E-state index contributed by atoms with van der Waals surface area (Å²) in [5.41, 5.74) is 3.95. The van der Waals surface area contributed by atoms with Gasteiger partial charge in [0.2, 0.25) is 0 Å². The minimum atomic E-state index is 0.765. The first kappa shape index (κ1) is 14.0. The van der Waals surface area contributed by atoms with Crippen molar-refractivity contribution in [3.05, 3.63) is 39.1 Å². The highest BCUT2D eigenvalue weighted by Gasteiger charge is 2.09. The van der Waals surface area contributed by atoms with Gasteiger partial charge in [-0.05, 0) is 27.2 Å². The summed E-state index contributed by atoms with van der Waals surface area (Å²) in [6.45, 7) is 8.95. The van der Waals surface area contributed by atoms with E-state index >= 15 is 0 Å². The summed E-state index contributed by atoms with van der Waals surface area (Å²) in [6, 6.07) is 4.02. The molecule has 21 heavy (non-hydrogen) atoms. The van der Waals surface area contributed by atoms with Crippen molar-refractivity contribution in [1.82, 2.24) is 19.6 Å². The van der Waals surface area contributed by atoms with Crippen LogP contribution in [0.5, 0.6) is 0 Å². The molecule has 110 valence electrons. The highest BCUT2D eigenvalue weighted by atomic mass is 32.1. The first-order valence-electron chi connectivity index (χ1n) is 7.10. The van der Waals surface area contributed by atoms with Gasteiger partial charge in [-0.15, -0.1) is 11.3 Å². The van der Waals surface area contributed by atoms with E-state index < -0.39 is 0 Å². The van der Waals surface area contributed by atoms with Crippen LogP contribution in [0.1, 0.15) is 33.9 Å². The standard InChI is InChI=1S/C15H19N5S/c1-5-15-18-11(4)12(21-15)8-16-13-6-9(2)17-14-7-10(3)19-20(13)14/h6-7,16H,5,8H2,1-4H3. The zero-order valence-corrected chi connectivity index (χ0v) is 13.6. The minimum Gasteiger partial charge on any atom is -0.365 e. The van der Waals surface area contributed by atoms with Crippen molar-refractivity contribution >= 4 is 22.8 Å². The van der Waals surface area contributed by atoms with Gasteiger partial charge in [0.05, 0.1) is 22.9 Å². The molecule has 0 radical (unpaired) electrons. The number of rotatable bonds is 4. The smallest absolute Gasteiger partial charge is 0.157 e. The van der Waals surface area contributed by atoms with Gasteiger partial charge in [0, 0.05) is 22.7 Å². The fourth-order valence-corrected chi connectivity index (χ4v) is 3.26. The molecule has 0 aliphatic heterocycles. The summed E-state index contributed by atoms with van der Waals surface area (Å²) in [5, 5.41) is 9.15. The van der Waals surface area contributed by atoms with Crippen molar-refractivity contribution in [1.29, 1.82) is 0 Å². The Bertz CT molecular complexity index is 787. The minimum absolute atomic E-state index is 0.765. The van der Waals surface area contributed by atoms with Crippen LogP contribution >= 0.6 is 11.3 Å². The zero-order chi connectivity index (χ0) is 15.0. The molecule has 0 saturated heterocycles. The molecular formula is C15H19N5S. The lowest BCUT2D eigenvalue weighted by atomic mass is 10.3. The lowest BCUT2D eigenvalue weighted by Crippen LogP contribution is -2.06. The third-order valence-electron chi connectivity index (χ3n) is 3.35. The van der Waals surface area contributed by atoms with Crippen LogP contribution in [0, 0.1) is 20.8 Å². The Morgan fingerprint density at radius 2 is 1.95 bits per heavy atom. The second-order valence-corrected chi connectivity index (χ2v) is 6.33. The van der Waals surface area contributed by atoms with Crippen LogP contribution in [-0.4, -0.2) is 19.6 Å². The largest absolute Gasteiger partial charge is 0.365 e. The Hall–Kier alpha value is -1.95. The molecular weight excluding hydrogens is 282 g/mol. The van der Waals surface area contributed by atoms with Crippen LogP contribution < -0.4 is 5.32 Å². The van der Waals surface area contributed by atoms with Gasteiger partial charge >= 0.3 is 0 Å². The third-order valence-corrected chi connectivity index (χ3v) is 4.65. The van der Waals surface area contributed by atoms with E-state index in [9.17, 15) is 0 Å². The van der Waals surface area contributed by atoms with Crippen molar-refractivity contribution in [2.45, 2.75) is 40.7 Å². The van der Waals surface area contributed by atoms with E-state index in [-0.39, 0.29) is 0 Å². The molecule has 3 rings (SSSR count). The Kier molecular flexibility index (Phi) is 3.63. The number of anilines is 1. The molecule has 0 fully saturated rings. The Balaban J connectivity index is 1.89. The number of nitrogens with one attached hydrogen (secondary N) is 1. The highest BCUT2D eigenvalue weighted by molar-refractivity contribution is 7.11. The predicted molar refractivity (Wildman–Crippen MR) is 86.0 cm³/mol. The Morgan fingerprint density at radius 3 is 2.67 bits per heavy atom. The van der Waals surface area contributed by atoms with E-state index in [1.807, 2.05) is 30.5 Å². The summed E-state index contributed by atoms with van der Waals surface area (Å²) >= 11 is 1.77. The van der Waals surface area contributed by atoms with Crippen LogP contribution in [-0.2, 0) is 13.0 Å². The maximum Gasteiger partial charge on any atom is 0.157 e. The van der Waals surface area contributed by atoms with Gasteiger partial charge in [-0.3, -0.25) is 0 Å². The molecule has 0 amide bonds. The first-order chi connectivity index (χ1) is 10.1. The normalized spacial score (nSPS) is 11.2. The molecule has 0 aliphatic carbocycles. The number of aryl methyl sites for hydroxylation is 4. The van der Waals surface area contributed by atoms with E-state index in [0.29, 0.717) is 0 Å². The zero-order valence-electron chi connectivity index (χ0n) is 12.8. The molecule has 6 heteroatoms. The summed E-state index contributed by atoms with van der Waals surface area (Å²) in [6.07, 6.45) is 0.989. The molecule has 0 spiro atoms. The fourth-order valence-electron chi connectivity index (χ4n) is 2.31. The van der Waals surface area contributed by atoms with Crippen molar-refractivity contribution in [3.8, 4) is 0 Å². The second kappa shape index (κ2) is 5.44. The molecule has 3 heterocycles. The maximum atomic E-state index is 4.57. The average Bonchev–Trinajstić information content (AvgIpc) is 2.98. The molecule has 5 nitrogen and oxygen atoms in total. The van der Waals surface area contributed by atoms with Crippen LogP contribution in [0.3, 0.4) is 0 Å². The van der Waals surface area contributed by atoms with Gasteiger partial charge in [-0.25, -0.2) is 9.97 Å². The maximum absolute atomic E-state index is 4.57. The Labute approximate surface area is 128 Å². The molecule has 0 aliphatic rings. The van der Waals surface area contributed by atoms with E-state index in [2.05, 4.69) is 34.2 Å². The lowest BCUT2D eigenvalue weighted by Gasteiger charge is -2.08. The quantitative estimate of drug-likeness (QED) is 0.803. The van der Waals surface area contributed by atoms with Gasteiger partial charge < -0.3 is 5.32 Å². The summed E-state index contributed by atoms with van der Waals surface area (Å²) in [5.74, 6) is 0.969. The van der Waals surface area contributed by atoms with E-state index in [1.54, 1.807) is 11.3 Å². The summed E-state index contributed by atoms with van der Waals surface area (Å²) < 4.78 is 1.86. The van der Waals surface area contributed by atoms with Crippen molar-refractivity contribution in [2.24, 2.45) is 0 Å². The van der Waals surface area contributed by atoms with E-state index in [0.717, 1.165) is 41.5 Å². The number of thiazole rings is 1. The topological polar surface area (TPSA) is 55.1 Å². The monoisotopic (exact) mass is 301 g/mol. The van der Waals surface area contributed by atoms with Gasteiger partial charge in [-0.2, -0.15) is 9.61 Å². The highest BCUT2D eigenvalue weighted by Crippen LogP contribution is 2.21. The van der Waals surface area contributed by atoms with Crippen LogP contribution in [0.15, 0.2) is 12.1 Å². The van der Waals surface area contributed by atoms with Crippen LogP contribution in [0.4, 0.5) is 5.82 Å². The molecule has 1 N–H and O–H groups in total. The van der Waals surface area contributed by atoms with E-state index in [1.165, 1.54) is 9.88 Å². The summed E-state index contributed by atoms with van der Waals surface area (Å²) in [7, 11) is 0. The molecule has 0 saturated carbocycles. The number of aromatic nitrogens is 4. The molecule has 3 aromatic rings. The number of nitrogens with zero attached hydrogens (tertiary/aromatic N) is 4. The lowest BCUT2D eigenvalue weighted by molar-refractivity contribution is 0.900. The second-order valence-electron chi connectivity index (χ2n) is 5.16. The van der Waals surface area contributed by atoms with Crippen molar-refractivity contribution in [2.75, 3.05) is 5.32 Å². The molecule has 0 atom stereocenters. The Morgan fingerprint density at radius 1 is 1.14 bits per heavy atom. The van der Waals surface area contributed by atoms with Gasteiger partial charge in [0.1, 0.15) is 5.82 Å². The molecule has 0 aromatic carbocycles. The van der Waals surface area contributed by atoms with Crippen LogP contribution in [0.25, 0.3) is 5.65 Å². The fraction of sp³-hybridized carbons (Fsp3) is 0.400. The molecule has 0 bridgehead atoms. The van der Waals surface area contributed by atoms with Crippen molar-refractivity contribution < 1.29 is 0 Å². The molecule has 3 aromatic heterocycles. The SMILES string of the molecule is CCc1nc(C)c(CNc2cc(C)nc3cc(C)nn23)s1. The number of hydrogen-bond acceptors (Lipinski definition) is 5. The van der Waals surface area contributed by atoms with Crippen molar-refractivity contribution in [3.63, 3.8) is 0 Å². The van der Waals surface area contributed by atoms with Gasteiger partial charge in [-0.1, -0.05) is 6.92 Å². The first-order valence-corrected chi connectivity index (χ1v) is 7.91. The van der Waals surface area contributed by atoms with Gasteiger partial charge in [0.15, 0.2) is 5.65 Å². The van der Waals surface area contributed by atoms with Crippen LogP contribution in [0.2, 0.25) is 0 Å². The summed E-state index contributed by atoms with van der Waals surface area (Å²) in [4.78, 5) is 10.3. The third kappa shape index (κ3) is 2.76. The average molecular weight is 301 g/mol.